The van der Waals surface area contributed by atoms with E-state index in [1.54, 1.807) is 12.1 Å². The number of thioether (sulfide) groups is 1. The van der Waals surface area contributed by atoms with Crippen molar-refractivity contribution in [2.24, 2.45) is 0 Å². The first kappa shape index (κ1) is 15.9. The minimum atomic E-state index is -0.316. The molecule has 1 N–H and O–H groups in total. The third kappa shape index (κ3) is 2.70. The quantitative estimate of drug-likeness (QED) is 0.893. The number of aromatic amines is 1. The van der Waals surface area contributed by atoms with Gasteiger partial charge in [0.15, 0.2) is 0 Å². The second-order valence-corrected chi connectivity index (χ2v) is 7.60. The maximum absolute atomic E-state index is 12.9. The number of ether oxygens (including phenoxy) is 1. The summed E-state index contributed by atoms with van der Waals surface area (Å²) in [5.74, 6) is 2.02. The summed E-state index contributed by atoms with van der Waals surface area (Å²) in [6.45, 7) is 3.60. The normalized spacial score (nSPS) is 25.3. The van der Waals surface area contributed by atoms with E-state index >= 15 is 0 Å². The Kier molecular flexibility index (Phi) is 4.24. The summed E-state index contributed by atoms with van der Waals surface area (Å²) in [6.07, 6.45) is 0.996. The molecule has 6 nitrogen and oxygen atoms in total. The lowest BCUT2D eigenvalue weighted by molar-refractivity contribution is -0.0202. The molecule has 2 aromatic rings. The van der Waals surface area contributed by atoms with Crippen molar-refractivity contribution in [1.82, 2.24) is 14.5 Å². The molecule has 1 atom stereocenters. The molecule has 4 rings (SSSR count). The summed E-state index contributed by atoms with van der Waals surface area (Å²) in [7, 11) is 0. The number of aromatic nitrogens is 2. The molecule has 1 aromatic heterocycles. The van der Waals surface area contributed by atoms with Gasteiger partial charge < -0.3 is 9.72 Å². The van der Waals surface area contributed by atoms with Crippen molar-refractivity contribution < 1.29 is 4.74 Å². The molecule has 7 heteroatoms. The first-order valence-corrected chi connectivity index (χ1v) is 9.48. The average molecular weight is 347 g/mol. The third-order valence-electron chi connectivity index (χ3n) is 5.11. The zero-order chi connectivity index (χ0) is 16.6. The van der Waals surface area contributed by atoms with Gasteiger partial charge in [-0.25, -0.2) is 4.79 Å². The highest BCUT2D eigenvalue weighted by molar-refractivity contribution is 7.99. The van der Waals surface area contributed by atoms with E-state index in [1.165, 1.54) is 4.57 Å². The largest absolute Gasteiger partial charge is 0.379 e. The molecule has 3 heterocycles. The van der Waals surface area contributed by atoms with Gasteiger partial charge in [0.1, 0.15) is 0 Å². The lowest BCUT2D eigenvalue weighted by Crippen LogP contribution is -2.58. The molecule has 0 spiro atoms. The molecule has 0 saturated carbocycles. The number of fused-ring (bicyclic) bond motifs is 1. The highest BCUT2D eigenvalue weighted by Gasteiger charge is 2.41. The van der Waals surface area contributed by atoms with Crippen molar-refractivity contribution >= 4 is 22.7 Å². The molecule has 0 aliphatic carbocycles. The number of para-hydroxylation sites is 1. The van der Waals surface area contributed by atoms with Crippen molar-refractivity contribution in [3.63, 3.8) is 0 Å². The van der Waals surface area contributed by atoms with Crippen LogP contribution in [0.3, 0.4) is 0 Å². The number of morpholine rings is 1. The Hall–Kier alpha value is -1.57. The van der Waals surface area contributed by atoms with Gasteiger partial charge in [0.05, 0.1) is 30.7 Å². The average Bonchev–Trinajstić information content (AvgIpc) is 3.09. The Morgan fingerprint density at radius 2 is 2.00 bits per heavy atom. The number of hydrogen-bond acceptors (Lipinski definition) is 5. The predicted molar refractivity (Wildman–Crippen MR) is 95.9 cm³/mol. The van der Waals surface area contributed by atoms with Crippen molar-refractivity contribution in [2.75, 3.05) is 37.8 Å². The smallest absolute Gasteiger partial charge is 0.328 e. The topological polar surface area (TPSA) is 67.3 Å². The van der Waals surface area contributed by atoms with Gasteiger partial charge in [0.2, 0.25) is 0 Å². The van der Waals surface area contributed by atoms with Crippen LogP contribution >= 0.6 is 11.8 Å². The molecule has 0 amide bonds. The number of rotatable bonds is 3. The zero-order valence-electron chi connectivity index (χ0n) is 13.5. The standard InChI is InChI=1S/C17H21N3O3S/c21-15-13-3-1-2-4-14(13)18-16(22)20(15)11-17(5-10-24-12-17)19-6-8-23-9-7-19/h1-4H,5-12H2,(H,18,22). The van der Waals surface area contributed by atoms with Crippen molar-refractivity contribution in [2.45, 2.75) is 18.5 Å². The summed E-state index contributed by atoms with van der Waals surface area (Å²) in [4.78, 5) is 30.6. The molecule has 0 bridgehead atoms. The van der Waals surface area contributed by atoms with E-state index in [0.717, 1.165) is 44.2 Å². The Morgan fingerprint density at radius 3 is 2.75 bits per heavy atom. The van der Waals surface area contributed by atoms with E-state index in [4.69, 9.17) is 4.74 Å². The Balaban J connectivity index is 1.76. The van der Waals surface area contributed by atoms with Crippen LogP contribution in [0.15, 0.2) is 33.9 Å². The molecule has 0 radical (unpaired) electrons. The minimum Gasteiger partial charge on any atom is -0.379 e. The molecule has 1 unspecified atom stereocenters. The van der Waals surface area contributed by atoms with Crippen LogP contribution in [0.1, 0.15) is 6.42 Å². The van der Waals surface area contributed by atoms with E-state index in [1.807, 2.05) is 23.9 Å². The molecule has 2 aliphatic rings. The lowest BCUT2D eigenvalue weighted by Gasteiger charge is -2.43. The number of nitrogens with one attached hydrogen (secondary N) is 1. The SMILES string of the molecule is O=c1[nH]c2ccccc2c(=O)n1CC1(N2CCOCC2)CCSC1. The fraction of sp³-hybridized carbons (Fsp3) is 0.529. The Morgan fingerprint density at radius 1 is 1.21 bits per heavy atom. The Labute approximate surface area is 143 Å². The fourth-order valence-corrected chi connectivity index (χ4v) is 5.21. The monoisotopic (exact) mass is 347 g/mol. The van der Waals surface area contributed by atoms with Crippen molar-refractivity contribution in [1.29, 1.82) is 0 Å². The van der Waals surface area contributed by atoms with Gasteiger partial charge in [-0.05, 0) is 24.3 Å². The van der Waals surface area contributed by atoms with Crippen LogP contribution in [0, 0.1) is 0 Å². The highest BCUT2D eigenvalue weighted by atomic mass is 32.2. The van der Waals surface area contributed by atoms with E-state index < -0.39 is 0 Å². The fourth-order valence-electron chi connectivity index (χ4n) is 3.75. The first-order chi connectivity index (χ1) is 11.7. The summed E-state index contributed by atoms with van der Waals surface area (Å²) >= 11 is 1.90. The molecular weight excluding hydrogens is 326 g/mol. The molecule has 24 heavy (non-hydrogen) atoms. The second-order valence-electron chi connectivity index (χ2n) is 6.49. The third-order valence-corrected chi connectivity index (χ3v) is 6.34. The lowest BCUT2D eigenvalue weighted by atomic mass is 9.95. The summed E-state index contributed by atoms with van der Waals surface area (Å²) in [6, 6.07) is 7.20. The summed E-state index contributed by atoms with van der Waals surface area (Å²) < 4.78 is 6.87. The molecule has 2 fully saturated rings. The van der Waals surface area contributed by atoms with E-state index in [9.17, 15) is 9.59 Å². The van der Waals surface area contributed by atoms with Crippen LogP contribution in [0.2, 0.25) is 0 Å². The van der Waals surface area contributed by atoms with Gasteiger partial charge in [0, 0.05) is 24.4 Å². The van der Waals surface area contributed by atoms with E-state index in [-0.39, 0.29) is 16.8 Å². The first-order valence-electron chi connectivity index (χ1n) is 8.32. The summed E-state index contributed by atoms with van der Waals surface area (Å²) in [5, 5.41) is 0.569. The zero-order valence-corrected chi connectivity index (χ0v) is 14.3. The van der Waals surface area contributed by atoms with Gasteiger partial charge >= 0.3 is 5.69 Å². The van der Waals surface area contributed by atoms with Crippen LogP contribution in [0.5, 0.6) is 0 Å². The number of H-pyrrole nitrogens is 1. The van der Waals surface area contributed by atoms with E-state index in [0.29, 0.717) is 17.4 Å². The molecule has 2 saturated heterocycles. The summed E-state index contributed by atoms with van der Waals surface area (Å²) in [5.41, 5.74) is -0.0413. The van der Waals surface area contributed by atoms with Crippen molar-refractivity contribution in [3.8, 4) is 0 Å². The van der Waals surface area contributed by atoms with Gasteiger partial charge in [-0.2, -0.15) is 11.8 Å². The maximum atomic E-state index is 12.9. The highest BCUT2D eigenvalue weighted by Crippen LogP contribution is 2.35. The van der Waals surface area contributed by atoms with Crippen LogP contribution in [-0.2, 0) is 11.3 Å². The molecular formula is C17H21N3O3S. The van der Waals surface area contributed by atoms with Crippen LogP contribution in [0.4, 0.5) is 0 Å². The van der Waals surface area contributed by atoms with Crippen LogP contribution in [-0.4, -0.2) is 57.8 Å². The molecule has 1 aromatic carbocycles. The van der Waals surface area contributed by atoms with E-state index in [2.05, 4.69) is 9.88 Å². The number of nitrogens with zero attached hydrogens (tertiary/aromatic N) is 2. The molecule has 2 aliphatic heterocycles. The number of hydrogen-bond donors (Lipinski definition) is 1. The maximum Gasteiger partial charge on any atom is 0.328 e. The van der Waals surface area contributed by atoms with Gasteiger partial charge in [0.25, 0.3) is 5.56 Å². The van der Waals surface area contributed by atoms with Crippen LogP contribution < -0.4 is 11.2 Å². The van der Waals surface area contributed by atoms with Crippen LogP contribution in [0.25, 0.3) is 10.9 Å². The second kappa shape index (κ2) is 6.38. The number of benzene rings is 1. The van der Waals surface area contributed by atoms with Gasteiger partial charge in [-0.1, -0.05) is 12.1 Å². The molecule has 128 valence electrons. The van der Waals surface area contributed by atoms with Gasteiger partial charge in [-0.15, -0.1) is 0 Å². The Bertz CT molecular complexity index is 848. The van der Waals surface area contributed by atoms with Gasteiger partial charge in [-0.3, -0.25) is 14.3 Å². The predicted octanol–water partition coefficient (Wildman–Crippen LogP) is 0.898. The van der Waals surface area contributed by atoms with Crippen molar-refractivity contribution in [3.05, 3.63) is 45.1 Å². The minimum absolute atomic E-state index is 0.131.